The number of hydrogen-bond acceptors (Lipinski definition) is 2. The first-order valence-corrected chi connectivity index (χ1v) is 7.10. The van der Waals surface area contributed by atoms with Gasteiger partial charge in [0, 0.05) is 11.1 Å². The molecule has 3 heteroatoms. The fourth-order valence-electron chi connectivity index (χ4n) is 2.20. The number of rotatable bonds is 4. The standard InChI is InChI=1S/C17H20ClNO/c1-11-4-9-16(12(2)10-11)20-17(13(3)19)14-5-7-15(18)8-6-14/h4-10,13,17H,19H2,1-3H3. The van der Waals surface area contributed by atoms with E-state index in [-0.39, 0.29) is 12.1 Å². The van der Waals surface area contributed by atoms with Crippen LogP contribution in [-0.2, 0) is 0 Å². The van der Waals surface area contributed by atoms with Gasteiger partial charge in [0.05, 0.1) is 0 Å². The van der Waals surface area contributed by atoms with E-state index in [2.05, 4.69) is 13.0 Å². The van der Waals surface area contributed by atoms with Crippen LogP contribution >= 0.6 is 11.6 Å². The summed E-state index contributed by atoms with van der Waals surface area (Å²) < 4.78 is 6.12. The maximum Gasteiger partial charge on any atom is 0.138 e. The summed E-state index contributed by atoms with van der Waals surface area (Å²) in [6.45, 7) is 6.06. The molecule has 2 N–H and O–H groups in total. The Labute approximate surface area is 125 Å². The van der Waals surface area contributed by atoms with Crippen molar-refractivity contribution in [3.05, 3.63) is 64.2 Å². The summed E-state index contributed by atoms with van der Waals surface area (Å²) in [7, 11) is 0. The zero-order valence-electron chi connectivity index (χ0n) is 12.1. The zero-order valence-corrected chi connectivity index (χ0v) is 12.8. The first-order valence-electron chi connectivity index (χ1n) is 6.72. The summed E-state index contributed by atoms with van der Waals surface area (Å²) in [6, 6.07) is 13.7. The third-order valence-corrected chi connectivity index (χ3v) is 3.51. The second-order valence-corrected chi connectivity index (χ2v) is 5.65. The monoisotopic (exact) mass is 289 g/mol. The molecule has 2 rings (SSSR count). The van der Waals surface area contributed by atoms with Gasteiger partial charge >= 0.3 is 0 Å². The van der Waals surface area contributed by atoms with Gasteiger partial charge in [-0.1, -0.05) is 41.4 Å². The Hall–Kier alpha value is -1.51. The van der Waals surface area contributed by atoms with Crippen molar-refractivity contribution < 1.29 is 4.74 Å². The molecule has 0 heterocycles. The predicted molar refractivity (Wildman–Crippen MR) is 84.4 cm³/mol. The minimum Gasteiger partial charge on any atom is -0.484 e. The van der Waals surface area contributed by atoms with E-state index in [1.54, 1.807) is 0 Å². The normalized spacial score (nSPS) is 13.8. The molecule has 20 heavy (non-hydrogen) atoms. The maximum absolute atomic E-state index is 6.12. The number of ether oxygens (including phenoxy) is 1. The molecule has 2 nitrogen and oxygen atoms in total. The lowest BCUT2D eigenvalue weighted by atomic mass is 10.0. The highest BCUT2D eigenvalue weighted by atomic mass is 35.5. The van der Waals surface area contributed by atoms with Gasteiger partial charge in [-0.25, -0.2) is 0 Å². The van der Waals surface area contributed by atoms with Crippen LogP contribution in [0.15, 0.2) is 42.5 Å². The number of nitrogens with two attached hydrogens (primary N) is 1. The van der Waals surface area contributed by atoms with Crippen molar-refractivity contribution in [3.63, 3.8) is 0 Å². The second kappa shape index (κ2) is 6.29. The van der Waals surface area contributed by atoms with Gasteiger partial charge in [0.25, 0.3) is 0 Å². The van der Waals surface area contributed by atoms with Gasteiger partial charge in [-0.05, 0) is 50.1 Å². The number of aryl methyl sites for hydroxylation is 2. The third-order valence-electron chi connectivity index (χ3n) is 3.26. The minimum atomic E-state index is -0.186. The van der Waals surface area contributed by atoms with Crippen LogP contribution in [0.25, 0.3) is 0 Å². The van der Waals surface area contributed by atoms with Crippen molar-refractivity contribution in [1.29, 1.82) is 0 Å². The Bertz CT molecular complexity index is 578. The highest BCUT2D eigenvalue weighted by Gasteiger charge is 2.19. The van der Waals surface area contributed by atoms with Crippen molar-refractivity contribution in [1.82, 2.24) is 0 Å². The van der Waals surface area contributed by atoms with Gasteiger partial charge in [0.2, 0.25) is 0 Å². The van der Waals surface area contributed by atoms with Crippen molar-refractivity contribution in [2.24, 2.45) is 5.73 Å². The van der Waals surface area contributed by atoms with E-state index >= 15 is 0 Å². The molecule has 0 saturated heterocycles. The number of hydrogen-bond donors (Lipinski definition) is 1. The third kappa shape index (κ3) is 3.53. The molecule has 2 aromatic rings. The SMILES string of the molecule is Cc1ccc(OC(c2ccc(Cl)cc2)C(C)N)c(C)c1. The van der Waals surface area contributed by atoms with Gasteiger partial charge in [0.15, 0.2) is 0 Å². The Kier molecular flexibility index (Phi) is 4.69. The van der Waals surface area contributed by atoms with Gasteiger partial charge in [-0.15, -0.1) is 0 Å². The summed E-state index contributed by atoms with van der Waals surface area (Å²) in [5, 5.41) is 0.712. The van der Waals surface area contributed by atoms with E-state index in [1.807, 2.05) is 50.2 Å². The Morgan fingerprint density at radius 1 is 1.05 bits per heavy atom. The topological polar surface area (TPSA) is 35.2 Å². The lowest BCUT2D eigenvalue weighted by Crippen LogP contribution is -2.29. The van der Waals surface area contributed by atoms with E-state index in [0.29, 0.717) is 5.02 Å². The molecular weight excluding hydrogens is 270 g/mol. The zero-order chi connectivity index (χ0) is 14.7. The van der Waals surface area contributed by atoms with Gasteiger partial charge in [-0.2, -0.15) is 0 Å². The van der Waals surface area contributed by atoms with Crippen LogP contribution in [0.4, 0.5) is 0 Å². The van der Waals surface area contributed by atoms with Crippen LogP contribution in [-0.4, -0.2) is 6.04 Å². The smallest absolute Gasteiger partial charge is 0.138 e. The van der Waals surface area contributed by atoms with Gasteiger partial charge in [-0.3, -0.25) is 0 Å². The van der Waals surface area contributed by atoms with Crippen LogP contribution in [0.2, 0.25) is 5.02 Å². The molecule has 0 bridgehead atoms. The van der Waals surface area contributed by atoms with E-state index in [9.17, 15) is 0 Å². The average molecular weight is 290 g/mol. The Balaban J connectivity index is 2.28. The van der Waals surface area contributed by atoms with Gasteiger partial charge in [0.1, 0.15) is 11.9 Å². The summed E-state index contributed by atoms with van der Waals surface area (Å²) in [5.41, 5.74) is 9.44. The maximum atomic E-state index is 6.12. The molecule has 0 saturated carbocycles. The lowest BCUT2D eigenvalue weighted by Gasteiger charge is -2.24. The molecule has 0 radical (unpaired) electrons. The average Bonchev–Trinajstić information content (AvgIpc) is 2.39. The van der Waals surface area contributed by atoms with Crippen LogP contribution < -0.4 is 10.5 Å². The van der Waals surface area contributed by atoms with E-state index in [0.717, 1.165) is 16.9 Å². The number of benzene rings is 2. The van der Waals surface area contributed by atoms with Crippen LogP contribution in [0.1, 0.15) is 29.7 Å². The molecule has 0 spiro atoms. The summed E-state index contributed by atoms with van der Waals surface area (Å²) in [4.78, 5) is 0. The molecule has 2 atom stereocenters. The molecule has 2 unspecified atom stereocenters. The Morgan fingerprint density at radius 3 is 2.25 bits per heavy atom. The van der Waals surface area contributed by atoms with E-state index in [4.69, 9.17) is 22.1 Å². The summed E-state index contributed by atoms with van der Waals surface area (Å²) >= 11 is 5.93. The highest BCUT2D eigenvalue weighted by Crippen LogP contribution is 2.28. The Morgan fingerprint density at radius 2 is 1.70 bits per heavy atom. The lowest BCUT2D eigenvalue weighted by molar-refractivity contribution is 0.179. The molecule has 106 valence electrons. The first kappa shape index (κ1) is 14.9. The molecule has 0 aliphatic heterocycles. The molecule has 0 aliphatic carbocycles. The number of halogens is 1. The summed E-state index contributed by atoms with van der Waals surface area (Å²) in [5.74, 6) is 0.868. The predicted octanol–water partition coefficient (Wildman–Crippen LogP) is 4.42. The van der Waals surface area contributed by atoms with Crippen molar-refractivity contribution >= 4 is 11.6 Å². The largest absolute Gasteiger partial charge is 0.484 e. The molecule has 0 aromatic heterocycles. The first-order chi connectivity index (χ1) is 9.47. The van der Waals surface area contributed by atoms with Crippen LogP contribution in [0.5, 0.6) is 5.75 Å². The fourth-order valence-corrected chi connectivity index (χ4v) is 2.33. The molecule has 0 aliphatic rings. The van der Waals surface area contributed by atoms with Gasteiger partial charge < -0.3 is 10.5 Å². The van der Waals surface area contributed by atoms with Crippen molar-refractivity contribution in [2.45, 2.75) is 32.9 Å². The van der Waals surface area contributed by atoms with Crippen molar-refractivity contribution in [3.8, 4) is 5.75 Å². The van der Waals surface area contributed by atoms with Crippen molar-refractivity contribution in [2.75, 3.05) is 0 Å². The fraction of sp³-hybridized carbons (Fsp3) is 0.294. The quantitative estimate of drug-likeness (QED) is 0.904. The highest BCUT2D eigenvalue weighted by molar-refractivity contribution is 6.30. The van der Waals surface area contributed by atoms with Crippen LogP contribution in [0, 0.1) is 13.8 Å². The molecule has 2 aromatic carbocycles. The van der Waals surface area contributed by atoms with E-state index in [1.165, 1.54) is 5.56 Å². The van der Waals surface area contributed by atoms with Crippen LogP contribution in [0.3, 0.4) is 0 Å². The second-order valence-electron chi connectivity index (χ2n) is 5.22. The summed E-state index contributed by atoms with van der Waals surface area (Å²) in [6.07, 6.45) is -0.186. The molecule has 0 fully saturated rings. The minimum absolute atomic E-state index is 0.114. The molecule has 0 amide bonds. The van der Waals surface area contributed by atoms with E-state index < -0.39 is 0 Å². The molecular formula is C17H20ClNO.